The number of hydrogen-bond acceptors (Lipinski definition) is 4. The van der Waals surface area contributed by atoms with E-state index in [1.807, 2.05) is 7.05 Å². The molecule has 2 aliphatic rings. The van der Waals surface area contributed by atoms with Gasteiger partial charge in [-0.3, -0.25) is 9.89 Å². The number of aliphatic imine (C=N–C) groups is 1. The van der Waals surface area contributed by atoms with Gasteiger partial charge in [0.1, 0.15) is 0 Å². The minimum Gasteiger partial charge on any atom is -0.378 e. The van der Waals surface area contributed by atoms with Gasteiger partial charge in [0.15, 0.2) is 5.96 Å². The van der Waals surface area contributed by atoms with Gasteiger partial charge in [-0.2, -0.15) is 0 Å². The number of nitrogens with zero attached hydrogens (tertiary/aromatic N) is 4. The Hall–Kier alpha value is -2.83. The van der Waals surface area contributed by atoms with Crippen LogP contribution in [0.1, 0.15) is 11.1 Å². The van der Waals surface area contributed by atoms with E-state index in [0.29, 0.717) is 0 Å². The summed E-state index contributed by atoms with van der Waals surface area (Å²) >= 11 is 0. The SMILES string of the molecule is CN=C(NCc1ccccc1N1CCOCC1)N1CCN(C/C=C/c2ccccc2)CC1. The first-order valence-electron chi connectivity index (χ1n) is 11.6. The lowest BCUT2D eigenvalue weighted by molar-refractivity contribution is 0.122. The van der Waals surface area contributed by atoms with E-state index in [4.69, 9.17) is 4.74 Å². The van der Waals surface area contributed by atoms with Gasteiger partial charge in [-0.15, -0.1) is 0 Å². The topological polar surface area (TPSA) is 43.3 Å². The van der Waals surface area contributed by atoms with Crippen LogP contribution in [0.25, 0.3) is 6.08 Å². The molecule has 6 nitrogen and oxygen atoms in total. The summed E-state index contributed by atoms with van der Waals surface area (Å²) in [6, 6.07) is 19.2. The van der Waals surface area contributed by atoms with Crippen molar-refractivity contribution in [3.63, 3.8) is 0 Å². The van der Waals surface area contributed by atoms with E-state index in [9.17, 15) is 0 Å². The Morgan fingerprint density at radius 2 is 1.66 bits per heavy atom. The average molecular weight is 434 g/mol. The summed E-state index contributed by atoms with van der Waals surface area (Å²) in [5, 5.41) is 3.60. The molecule has 0 aliphatic carbocycles. The van der Waals surface area contributed by atoms with Crippen molar-refractivity contribution in [2.24, 2.45) is 4.99 Å². The fourth-order valence-electron chi connectivity index (χ4n) is 4.32. The highest BCUT2D eigenvalue weighted by molar-refractivity contribution is 5.80. The molecule has 4 rings (SSSR count). The zero-order chi connectivity index (χ0) is 22.0. The van der Waals surface area contributed by atoms with Gasteiger partial charge in [0.05, 0.1) is 13.2 Å². The third-order valence-corrected chi connectivity index (χ3v) is 6.14. The van der Waals surface area contributed by atoms with Crippen LogP contribution in [0.5, 0.6) is 0 Å². The Bertz CT molecular complexity index is 884. The first-order valence-corrected chi connectivity index (χ1v) is 11.6. The summed E-state index contributed by atoms with van der Waals surface area (Å²) in [4.78, 5) is 11.8. The Kier molecular flexibility index (Phi) is 8.17. The molecule has 0 aromatic heterocycles. The molecule has 2 saturated heterocycles. The van der Waals surface area contributed by atoms with Gasteiger partial charge >= 0.3 is 0 Å². The van der Waals surface area contributed by atoms with Crippen LogP contribution >= 0.6 is 0 Å². The van der Waals surface area contributed by atoms with Crippen LogP contribution in [0, 0.1) is 0 Å². The van der Waals surface area contributed by atoms with Crippen molar-refractivity contribution in [3.8, 4) is 0 Å². The number of nitrogens with one attached hydrogen (secondary N) is 1. The predicted octanol–water partition coefficient (Wildman–Crippen LogP) is 2.93. The highest BCUT2D eigenvalue weighted by atomic mass is 16.5. The van der Waals surface area contributed by atoms with Crippen LogP contribution in [0.4, 0.5) is 5.69 Å². The van der Waals surface area contributed by atoms with Gasteiger partial charge < -0.3 is 19.9 Å². The molecular formula is C26H35N5O. The zero-order valence-electron chi connectivity index (χ0n) is 19.1. The maximum atomic E-state index is 5.52. The van der Waals surface area contributed by atoms with Gasteiger partial charge in [-0.05, 0) is 17.2 Å². The molecule has 2 aromatic carbocycles. The summed E-state index contributed by atoms with van der Waals surface area (Å²) in [7, 11) is 1.88. The van der Waals surface area contributed by atoms with E-state index in [2.05, 4.69) is 91.8 Å². The van der Waals surface area contributed by atoms with E-state index in [0.717, 1.165) is 71.5 Å². The Morgan fingerprint density at radius 1 is 0.938 bits per heavy atom. The van der Waals surface area contributed by atoms with Crippen molar-refractivity contribution in [3.05, 3.63) is 71.8 Å². The second-order valence-electron chi connectivity index (χ2n) is 8.23. The van der Waals surface area contributed by atoms with Gasteiger partial charge in [-0.1, -0.05) is 60.7 Å². The highest BCUT2D eigenvalue weighted by Gasteiger charge is 2.19. The summed E-state index contributed by atoms with van der Waals surface area (Å²) in [5.74, 6) is 0.987. The second kappa shape index (κ2) is 11.7. The van der Waals surface area contributed by atoms with Crippen LogP contribution in [0.3, 0.4) is 0 Å². The number of para-hydroxylation sites is 1. The quantitative estimate of drug-likeness (QED) is 0.561. The van der Waals surface area contributed by atoms with Crippen molar-refractivity contribution in [2.45, 2.75) is 6.54 Å². The minimum absolute atomic E-state index is 0.778. The fraction of sp³-hybridized carbons (Fsp3) is 0.423. The molecule has 1 N–H and O–H groups in total. The van der Waals surface area contributed by atoms with Crippen LogP contribution in [-0.2, 0) is 11.3 Å². The molecule has 2 heterocycles. The van der Waals surface area contributed by atoms with Crippen molar-refractivity contribution in [1.82, 2.24) is 15.1 Å². The molecule has 2 aliphatic heterocycles. The molecule has 0 spiro atoms. The lowest BCUT2D eigenvalue weighted by Crippen LogP contribution is -2.52. The van der Waals surface area contributed by atoms with E-state index < -0.39 is 0 Å². The average Bonchev–Trinajstić information content (AvgIpc) is 2.87. The van der Waals surface area contributed by atoms with Crippen LogP contribution in [-0.4, -0.2) is 81.8 Å². The molecule has 0 bridgehead atoms. The molecular weight excluding hydrogens is 398 g/mol. The van der Waals surface area contributed by atoms with E-state index >= 15 is 0 Å². The molecule has 6 heteroatoms. The fourth-order valence-corrected chi connectivity index (χ4v) is 4.32. The number of hydrogen-bond donors (Lipinski definition) is 1. The Balaban J connectivity index is 1.26. The highest BCUT2D eigenvalue weighted by Crippen LogP contribution is 2.21. The first-order chi connectivity index (χ1) is 15.8. The summed E-state index contributed by atoms with van der Waals surface area (Å²) in [5.41, 5.74) is 3.86. The van der Waals surface area contributed by atoms with Gasteiger partial charge in [0, 0.05) is 65.1 Å². The van der Waals surface area contributed by atoms with Crippen molar-refractivity contribution < 1.29 is 4.74 Å². The molecule has 0 atom stereocenters. The third kappa shape index (κ3) is 6.11. The van der Waals surface area contributed by atoms with Crippen molar-refractivity contribution >= 4 is 17.7 Å². The number of guanidine groups is 1. The smallest absolute Gasteiger partial charge is 0.194 e. The summed E-state index contributed by atoms with van der Waals surface area (Å²) in [6.45, 7) is 9.34. The molecule has 0 radical (unpaired) electrons. The number of benzene rings is 2. The van der Waals surface area contributed by atoms with E-state index in [1.165, 1.54) is 16.8 Å². The molecule has 32 heavy (non-hydrogen) atoms. The summed E-state index contributed by atoms with van der Waals surface area (Å²) in [6.07, 6.45) is 4.47. The molecule has 0 saturated carbocycles. The van der Waals surface area contributed by atoms with Crippen molar-refractivity contribution in [1.29, 1.82) is 0 Å². The third-order valence-electron chi connectivity index (χ3n) is 6.14. The molecule has 2 aromatic rings. The predicted molar refractivity (Wildman–Crippen MR) is 133 cm³/mol. The first kappa shape index (κ1) is 22.4. The van der Waals surface area contributed by atoms with Gasteiger partial charge in [0.25, 0.3) is 0 Å². The Morgan fingerprint density at radius 3 is 2.41 bits per heavy atom. The van der Waals surface area contributed by atoms with Crippen LogP contribution < -0.4 is 10.2 Å². The number of ether oxygens (including phenoxy) is 1. The molecule has 170 valence electrons. The van der Waals surface area contributed by atoms with E-state index in [1.54, 1.807) is 0 Å². The molecule has 0 unspecified atom stereocenters. The van der Waals surface area contributed by atoms with Crippen LogP contribution in [0.2, 0.25) is 0 Å². The van der Waals surface area contributed by atoms with Gasteiger partial charge in [0.2, 0.25) is 0 Å². The maximum absolute atomic E-state index is 5.52. The lowest BCUT2D eigenvalue weighted by Gasteiger charge is -2.36. The molecule has 2 fully saturated rings. The standard InChI is InChI=1S/C26H35N5O/c1-27-26(28-22-24-11-5-6-12-25(24)30-18-20-32-21-19-30)31-16-14-29(15-17-31)13-7-10-23-8-3-2-4-9-23/h2-12H,13-22H2,1H3,(H,27,28)/b10-7+. The second-order valence-corrected chi connectivity index (χ2v) is 8.23. The normalized spacial score (nSPS) is 18.3. The number of piperazine rings is 1. The minimum atomic E-state index is 0.778. The number of morpholine rings is 1. The largest absolute Gasteiger partial charge is 0.378 e. The number of anilines is 1. The molecule has 0 amide bonds. The monoisotopic (exact) mass is 433 g/mol. The van der Waals surface area contributed by atoms with Crippen LogP contribution in [0.15, 0.2) is 65.7 Å². The maximum Gasteiger partial charge on any atom is 0.194 e. The Labute approximate surface area is 192 Å². The number of rotatable bonds is 6. The summed E-state index contributed by atoms with van der Waals surface area (Å²) < 4.78 is 5.52. The van der Waals surface area contributed by atoms with E-state index in [-0.39, 0.29) is 0 Å². The van der Waals surface area contributed by atoms with Gasteiger partial charge in [-0.25, -0.2) is 0 Å². The zero-order valence-corrected chi connectivity index (χ0v) is 19.1. The van der Waals surface area contributed by atoms with Crippen molar-refractivity contribution in [2.75, 3.05) is 71.0 Å². The lowest BCUT2D eigenvalue weighted by atomic mass is 10.1.